The number of thiophene rings is 1. The maximum atomic E-state index is 5.34. The Morgan fingerprint density at radius 2 is 1.17 bits per heavy atom. The topological polar surface area (TPSA) is 43.6 Å². The molecule has 0 aliphatic heterocycles. The van der Waals surface area contributed by atoms with Crippen LogP contribution in [-0.4, -0.2) is 19.5 Å². The van der Waals surface area contributed by atoms with Gasteiger partial charge in [0.2, 0.25) is 5.95 Å². The highest BCUT2D eigenvalue weighted by atomic mass is 32.1. The molecule has 0 aliphatic rings. The van der Waals surface area contributed by atoms with Gasteiger partial charge in [-0.3, -0.25) is 9.55 Å². The molecule has 6 aromatic carbocycles. The number of rotatable bonds is 3. The molecule has 10 rings (SSSR count). The van der Waals surface area contributed by atoms with Crippen LogP contribution in [0.2, 0.25) is 0 Å². The molecular weight excluding hydrogens is 581 g/mol. The molecule has 0 N–H and O–H groups in total. The molecule has 214 valence electrons. The maximum Gasteiger partial charge on any atom is 0.235 e. The molecule has 0 fully saturated rings. The summed E-state index contributed by atoms with van der Waals surface area (Å²) < 4.78 is 4.86. The zero-order chi connectivity index (χ0) is 30.2. The Morgan fingerprint density at radius 3 is 2.02 bits per heavy atom. The second-order valence-electron chi connectivity index (χ2n) is 11.6. The Labute approximate surface area is 267 Å². The predicted octanol–water partition coefficient (Wildman–Crippen LogP) is 11.0. The van der Waals surface area contributed by atoms with Crippen LogP contribution >= 0.6 is 11.3 Å². The van der Waals surface area contributed by atoms with Crippen molar-refractivity contribution in [2.24, 2.45) is 0 Å². The van der Waals surface area contributed by atoms with E-state index >= 15 is 0 Å². The lowest BCUT2D eigenvalue weighted by Gasteiger charge is -2.13. The first-order valence-electron chi connectivity index (χ1n) is 15.4. The maximum absolute atomic E-state index is 5.34. The minimum absolute atomic E-state index is 0.638. The predicted molar refractivity (Wildman–Crippen MR) is 193 cm³/mol. The number of aromatic nitrogens is 4. The number of hydrogen-bond acceptors (Lipinski definition) is 4. The summed E-state index contributed by atoms with van der Waals surface area (Å²) in [7, 11) is 0. The molecule has 0 spiro atoms. The van der Waals surface area contributed by atoms with Crippen molar-refractivity contribution in [1.29, 1.82) is 0 Å². The van der Waals surface area contributed by atoms with Crippen molar-refractivity contribution >= 4 is 75.1 Å². The van der Waals surface area contributed by atoms with Crippen LogP contribution in [0.3, 0.4) is 0 Å². The van der Waals surface area contributed by atoms with Crippen molar-refractivity contribution in [3.8, 4) is 28.3 Å². The van der Waals surface area contributed by atoms with Crippen LogP contribution in [0.25, 0.3) is 92.1 Å². The zero-order valence-electron chi connectivity index (χ0n) is 24.6. The van der Waals surface area contributed by atoms with E-state index < -0.39 is 0 Å². The quantitative estimate of drug-likeness (QED) is 0.201. The van der Waals surface area contributed by atoms with Gasteiger partial charge in [0.05, 0.1) is 16.6 Å². The molecule has 0 radical (unpaired) electrons. The lowest BCUT2D eigenvalue weighted by molar-refractivity contribution is 1.01. The fourth-order valence-corrected chi connectivity index (χ4v) is 8.31. The van der Waals surface area contributed by atoms with Crippen LogP contribution in [0.1, 0.15) is 0 Å². The van der Waals surface area contributed by atoms with Gasteiger partial charge in [0, 0.05) is 48.1 Å². The Hall–Kier alpha value is -5.91. The standard InChI is InChI=1S/C41H24N4S/c1-2-11-25(12-3-1)26-20-22-27(23-21-26)37-38-32(17-10-24-42-38)43-41(44-37)45-33-18-8-6-15-30(33)36-39(45)29-14-5-4-13-28(29)35-31-16-7-9-19-34(31)46-40(35)36/h1-24H. The molecule has 0 unspecified atom stereocenters. The molecule has 0 aliphatic carbocycles. The number of pyridine rings is 1. The summed E-state index contributed by atoms with van der Waals surface area (Å²) in [5.74, 6) is 0.638. The van der Waals surface area contributed by atoms with E-state index in [0.29, 0.717) is 5.95 Å². The van der Waals surface area contributed by atoms with Gasteiger partial charge in [0.15, 0.2) is 0 Å². The summed E-state index contributed by atoms with van der Waals surface area (Å²) in [6.07, 6.45) is 1.82. The second-order valence-corrected chi connectivity index (χ2v) is 12.7. The van der Waals surface area contributed by atoms with Gasteiger partial charge in [-0.2, -0.15) is 0 Å². The van der Waals surface area contributed by atoms with E-state index in [2.05, 4.69) is 126 Å². The van der Waals surface area contributed by atoms with Crippen LogP contribution < -0.4 is 0 Å². The van der Waals surface area contributed by atoms with Crippen LogP contribution in [-0.2, 0) is 0 Å². The largest absolute Gasteiger partial charge is 0.277 e. The molecule has 4 aromatic heterocycles. The van der Waals surface area contributed by atoms with Gasteiger partial charge >= 0.3 is 0 Å². The summed E-state index contributed by atoms with van der Waals surface area (Å²) in [6.45, 7) is 0. The lowest BCUT2D eigenvalue weighted by Crippen LogP contribution is -2.04. The Kier molecular flexibility index (Phi) is 5.41. The highest BCUT2D eigenvalue weighted by Crippen LogP contribution is 2.47. The van der Waals surface area contributed by atoms with E-state index in [1.54, 1.807) is 0 Å². The molecule has 0 amide bonds. The zero-order valence-corrected chi connectivity index (χ0v) is 25.4. The summed E-state index contributed by atoms with van der Waals surface area (Å²) in [6, 6.07) is 49.2. The van der Waals surface area contributed by atoms with Gasteiger partial charge in [-0.05, 0) is 40.8 Å². The number of benzene rings is 6. The smallest absolute Gasteiger partial charge is 0.235 e. The van der Waals surface area contributed by atoms with Crippen molar-refractivity contribution in [2.45, 2.75) is 0 Å². The van der Waals surface area contributed by atoms with Gasteiger partial charge < -0.3 is 0 Å². The lowest BCUT2D eigenvalue weighted by atomic mass is 10.00. The molecule has 0 saturated carbocycles. The summed E-state index contributed by atoms with van der Waals surface area (Å²) in [5.41, 5.74) is 7.99. The molecular formula is C41H24N4S. The number of para-hydroxylation sites is 1. The van der Waals surface area contributed by atoms with Crippen molar-refractivity contribution in [2.75, 3.05) is 0 Å². The molecule has 0 saturated heterocycles. The van der Waals surface area contributed by atoms with Gasteiger partial charge in [-0.15, -0.1) is 11.3 Å². The minimum Gasteiger partial charge on any atom is -0.277 e. The summed E-state index contributed by atoms with van der Waals surface area (Å²) in [4.78, 5) is 15.3. The van der Waals surface area contributed by atoms with Gasteiger partial charge in [0.1, 0.15) is 11.2 Å². The SMILES string of the molecule is c1ccc(-c2ccc(-c3nc(-n4c5ccccc5c5c6sc7ccccc7c6c6ccccc6c54)nc4cccnc34)cc2)cc1. The van der Waals surface area contributed by atoms with Crippen LogP contribution in [0, 0.1) is 0 Å². The van der Waals surface area contributed by atoms with E-state index in [0.717, 1.165) is 38.9 Å². The third-order valence-corrected chi connectivity index (χ3v) is 10.2. The highest BCUT2D eigenvalue weighted by Gasteiger charge is 2.23. The van der Waals surface area contributed by atoms with Crippen molar-refractivity contribution in [3.63, 3.8) is 0 Å². The fourth-order valence-electron chi connectivity index (χ4n) is 7.04. The van der Waals surface area contributed by atoms with E-state index in [4.69, 9.17) is 15.0 Å². The molecule has 0 bridgehead atoms. The first-order chi connectivity index (χ1) is 22.8. The highest BCUT2D eigenvalue weighted by molar-refractivity contribution is 7.27. The van der Waals surface area contributed by atoms with E-state index in [-0.39, 0.29) is 0 Å². The third kappa shape index (κ3) is 3.63. The normalized spacial score (nSPS) is 11.9. The van der Waals surface area contributed by atoms with E-state index in [1.165, 1.54) is 47.3 Å². The Morgan fingerprint density at radius 1 is 0.500 bits per heavy atom. The first kappa shape index (κ1) is 25.4. The Balaban J connectivity index is 1.32. The average molecular weight is 605 g/mol. The molecule has 4 nitrogen and oxygen atoms in total. The van der Waals surface area contributed by atoms with E-state index in [1.807, 2.05) is 35.7 Å². The monoisotopic (exact) mass is 604 g/mol. The van der Waals surface area contributed by atoms with Gasteiger partial charge in [-0.25, -0.2) is 9.97 Å². The number of hydrogen-bond donors (Lipinski definition) is 0. The number of fused-ring (bicyclic) bond motifs is 11. The minimum atomic E-state index is 0.638. The molecule has 46 heavy (non-hydrogen) atoms. The van der Waals surface area contributed by atoms with Crippen molar-refractivity contribution in [1.82, 2.24) is 19.5 Å². The second kappa shape index (κ2) is 9.80. The molecule has 4 heterocycles. The van der Waals surface area contributed by atoms with Crippen LogP contribution in [0.4, 0.5) is 0 Å². The average Bonchev–Trinajstić information content (AvgIpc) is 3.69. The number of nitrogens with zero attached hydrogens (tertiary/aromatic N) is 4. The summed E-state index contributed by atoms with van der Waals surface area (Å²) in [5, 5.41) is 7.48. The molecule has 5 heteroatoms. The van der Waals surface area contributed by atoms with Crippen molar-refractivity contribution < 1.29 is 0 Å². The third-order valence-electron chi connectivity index (χ3n) is 9.06. The van der Waals surface area contributed by atoms with Crippen molar-refractivity contribution in [3.05, 3.63) is 146 Å². The van der Waals surface area contributed by atoms with Gasteiger partial charge in [0.25, 0.3) is 0 Å². The summed E-state index contributed by atoms with van der Waals surface area (Å²) >= 11 is 1.87. The fraction of sp³-hybridized carbons (Fsp3) is 0. The van der Waals surface area contributed by atoms with Gasteiger partial charge in [-0.1, -0.05) is 115 Å². The molecule has 10 aromatic rings. The molecule has 0 atom stereocenters. The first-order valence-corrected chi connectivity index (χ1v) is 16.2. The van der Waals surface area contributed by atoms with Crippen LogP contribution in [0.5, 0.6) is 0 Å². The Bertz CT molecular complexity index is 2790. The van der Waals surface area contributed by atoms with Crippen LogP contribution in [0.15, 0.2) is 146 Å². The van der Waals surface area contributed by atoms with E-state index in [9.17, 15) is 0 Å².